The van der Waals surface area contributed by atoms with Crippen LogP contribution in [0.3, 0.4) is 0 Å². The van der Waals surface area contributed by atoms with Crippen molar-refractivity contribution in [1.82, 2.24) is 10.6 Å². The van der Waals surface area contributed by atoms with Gasteiger partial charge in [0.05, 0.1) is 5.02 Å². The smallest absolute Gasteiger partial charge is 0.407 e. The zero-order chi connectivity index (χ0) is 17.0. The van der Waals surface area contributed by atoms with Gasteiger partial charge < -0.3 is 15.4 Å². The van der Waals surface area contributed by atoms with Crippen LogP contribution in [0.15, 0.2) is 18.2 Å². The fraction of sp³-hybridized carbons (Fsp3) is 0.562. The number of amides is 1. The number of hydrogen-bond acceptors (Lipinski definition) is 3. The van der Waals surface area contributed by atoms with E-state index in [-0.39, 0.29) is 5.02 Å². The van der Waals surface area contributed by atoms with E-state index < -0.39 is 23.1 Å². The fourth-order valence-corrected chi connectivity index (χ4v) is 1.88. The summed E-state index contributed by atoms with van der Waals surface area (Å²) in [5, 5.41) is 5.99. The van der Waals surface area contributed by atoms with E-state index in [4.69, 9.17) is 16.3 Å². The summed E-state index contributed by atoms with van der Waals surface area (Å²) in [7, 11) is 0. The second-order valence-electron chi connectivity index (χ2n) is 6.81. The second-order valence-corrected chi connectivity index (χ2v) is 7.21. The molecule has 1 amide bonds. The molecule has 0 aromatic heterocycles. The van der Waals surface area contributed by atoms with E-state index in [1.807, 2.05) is 13.8 Å². The third kappa shape index (κ3) is 6.62. The average Bonchev–Trinajstić information content (AvgIpc) is 2.36. The second kappa shape index (κ2) is 7.29. The van der Waals surface area contributed by atoms with Crippen LogP contribution in [0.4, 0.5) is 9.18 Å². The summed E-state index contributed by atoms with van der Waals surface area (Å²) >= 11 is 5.75. The van der Waals surface area contributed by atoms with Gasteiger partial charge in [-0.3, -0.25) is 0 Å². The number of ether oxygens (including phenoxy) is 1. The van der Waals surface area contributed by atoms with Crippen LogP contribution in [0.5, 0.6) is 0 Å². The normalized spacial score (nSPS) is 12.1. The number of carbonyl (C=O) groups excluding carboxylic acids is 1. The Morgan fingerprint density at radius 2 is 1.91 bits per heavy atom. The summed E-state index contributed by atoms with van der Waals surface area (Å²) in [4.78, 5) is 11.6. The summed E-state index contributed by atoms with van der Waals surface area (Å²) in [5.74, 6) is -0.424. The predicted octanol–water partition coefficient (Wildman–Crippen LogP) is 3.87. The first-order valence-electron chi connectivity index (χ1n) is 7.15. The van der Waals surface area contributed by atoms with Crippen LogP contribution in [0.2, 0.25) is 5.02 Å². The van der Waals surface area contributed by atoms with Gasteiger partial charge in [-0.1, -0.05) is 23.7 Å². The number of alkyl carbamates (subject to hydrolysis) is 1. The lowest BCUT2D eigenvalue weighted by Crippen LogP contribution is -2.49. The van der Waals surface area contributed by atoms with E-state index in [2.05, 4.69) is 10.6 Å². The van der Waals surface area contributed by atoms with E-state index in [0.717, 1.165) is 0 Å². The van der Waals surface area contributed by atoms with Gasteiger partial charge in [-0.25, -0.2) is 9.18 Å². The summed E-state index contributed by atoms with van der Waals surface area (Å²) in [6.45, 7) is 9.90. The Kier molecular flexibility index (Phi) is 6.20. The van der Waals surface area contributed by atoms with Gasteiger partial charge in [-0.15, -0.1) is 0 Å². The Morgan fingerprint density at radius 3 is 2.50 bits per heavy atom. The van der Waals surface area contributed by atoms with Gasteiger partial charge in [0, 0.05) is 24.2 Å². The van der Waals surface area contributed by atoms with Crippen molar-refractivity contribution in [1.29, 1.82) is 0 Å². The number of nitrogens with one attached hydrogen (secondary N) is 2. The highest BCUT2D eigenvalue weighted by Crippen LogP contribution is 2.18. The number of hydrogen-bond donors (Lipinski definition) is 2. The molecule has 22 heavy (non-hydrogen) atoms. The first kappa shape index (κ1) is 18.7. The van der Waals surface area contributed by atoms with Crippen LogP contribution >= 0.6 is 11.6 Å². The molecule has 0 saturated carbocycles. The first-order chi connectivity index (χ1) is 10.0. The highest BCUT2D eigenvalue weighted by molar-refractivity contribution is 6.30. The van der Waals surface area contributed by atoms with Crippen molar-refractivity contribution in [2.24, 2.45) is 0 Å². The molecule has 0 bridgehead atoms. The Bertz CT molecular complexity index is 527. The highest BCUT2D eigenvalue weighted by Gasteiger charge is 2.21. The third-order valence-electron chi connectivity index (χ3n) is 2.86. The maximum Gasteiger partial charge on any atom is 0.407 e. The van der Waals surface area contributed by atoms with E-state index in [9.17, 15) is 9.18 Å². The largest absolute Gasteiger partial charge is 0.444 e. The number of carbonyl (C=O) groups is 1. The minimum absolute atomic E-state index is 0.101. The monoisotopic (exact) mass is 330 g/mol. The van der Waals surface area contributed by atoms with Crippen molar-refractivity contribution in [3.05, 3.63) is 34.6 Å². The average molecular weight is 331 g/mol. The standard InChI is InChI=1S/C16H24ClFN2O2/c1-15(2,3)22-14(21)19-10-16(4,5)20-9-11-7-6-8-12(17)13(11)18/h6-8,20H,9-10H2,1-5H3,(H,19,21). The molecule has 0 aliphatic heterocycles. The minimum Gasteiger partial charge on any atom is -0.444 e. The maximum atomic E-state index is 13.8. The van der Waals surface area contributed by atoms with Crippen LogP contribution in [0, 0.1) is 5.82 Å². The van der Waals surface area contributed by atoms with Crippen molar-refractivity contribution in [2.45, 2.75) is 52.3 Å². The summed E-state index contributed by atoms with van der Waals surface area (Å²) in [6, 6.07) is 4.88. The molecule has 1 rings (SSSR count). The van der Waals surface area contributed by atoms with Gasteiger partial charge in [0.15, 0.2) is 0 Å². The quantitative estimate of drug-likeness (QED) is 0.861. The lowest BCUT2D eigenvalue weighted by atomic mass is 10.0. The van der Waals surface area contributed by atoms with E-state index >= 15 is 0 Å². The molecule has 0 fully saturated rings. The summed E-state index contributed by atoms with van der Waals surface area (Å²) in [6.07, 6.45) is -0.476. The molecule has 0 spiro atoms. The number of benzene rings is 1. The lowest BCUT2D eigenvalue weighted by molar-refractivity contribution is 0.0513. The Labute approximate surface area is 136 Å². The van der Waals surface area contributed by atoms with E-state index in [0.29, 0.717) is 18.7 Å². The van der Waals surface area contributed by atoms with Gasteiger partial charge >= 0.3 is 6.09 Å². The van der Waals surface area contributed by atoms with E-state index in [1.54, 1.807) is 32.9 Å². The van der Waals surface area contributed by atoms with Crippen LogP contribution in [0.25, 0.3) is 0 Å². The molecule has 2 N–H and O–H groups in total. The van der Waals surface area contributed by atoms with Crippen molar-refractivity contribution in [3.63, 3.8) is 0 Å². The van der Waals surface area contributed by atoms with Crippen LogP contribution in [-0.2, 0) is 11.3 Å². The Morgan fingerprint density at radius 1 is 1.27 bits per heavy atom. The van der Waals surface area contributed by atoms with Gasteiger partial charge in [0.2, 0.25) is 0 Å². The molecule has 0 saturated heterocycles. The third-order valence-corrected chi connectivity index (χ3v) is 3.15. The molecular formula is C16H24ClFN2O2. The molecule has 0 unspecified atom stereocenters. The molecule has 1 aromatic carbocycles. The van der Waals surface area contributed by atoms with Crippen LogP contribution in [0.1, 0.15) is 40.2 Å². The van der Waals surface area contributed by atoms with Crippen molar-refractivity contribution in [2.75, 3.05) is 6.54 Å². The molecule has 4 nitrogen and oxygen atoms in total. The van der Waals surface area contributed by atoms with Crippen LogP contribution < -0.4 is 10.6 Å². The summed E-state index contributed by atoms with van der Waals surface area (Å²) < 4.78 is 19.0. The molecule has 0 atom stereocenters. The number of halogens is 2. The SMILES string of the molecule is CC(C)(CNC(=O)OC(C)(C)C)NCc1cccc(Cl)c1F. The van der Waals surface area contributed by atoms with Crippen molar-refractivity contribution < 1.29 is 13.9 Å². The Hall–Kier alpha value is -1.33. The van der Waals surface area contributed by atoms with Crippen molar-refractivity contribution in [3.8, 4) is 0 Å². The van der Waals surface area contributed by atoms with Gasteiger partial charge in [-0.05, 0) is 40.7 Å². The lowest BCUT2D eigenvalue weighted by Gasteiger charge is -2.28. The van der Waals surface area contributed by atoms with Crippen LogP contribution in [-0.4, -0.2) is 23.8 Å². The zero-order valence-electron chi connectivity index (χ0n) is 13.7. The van der Waals surface area contributed by atoms with Gasteiger partial charge in [0.25, 0.3) is 0 Å². The Balaban J connectivity index is 2.50. The zero-order valence-corrected chi connectivity index (χ0v) is 14.5. The number of rotatable bonds is 5. The fourth-order valence-electron chi connectivity index (χ4n) is 1.69. The van der Waals surface area contributed by atoms with Gasteiger partial charge in [0.1, 0.15) is 11.4 Å². The topological polar surface area (TPSA) is 50.4 Å². The molecule has 6 heteroatoms. The molecule has 1 aromatic rings. The molecule has 0 aliphatic rings. The minimum atomic E-state index is -0.536. The predicted molar refractivity (Wildman–Crippen MR) is 86.6 cm³/mol. The highest BCUT2D eigenvalue weighted by atomic mass is 35.5. The summed E-state index contributed by atoms with van der Waals surface area (Å²) in [5.41, 5.74) is -0.477. The molecular weight excluding hydrogens is 307 g/mol. The molecule has 0 radical (unpaired) electrons. The van der Waals surface area contributed by atoms with Gasteiger partial charge in [-0.2, -0.15) is 0 Å². The first-order valence-corrected chi connectivity index (χ1v) is 7.53. The molecule has 0 heterocycles. The molecule has 0 aliphatic carbocycles. The molecule has 124 valence electrons. The maximum absolute atomic E-state index is 13.8. The van der Waals surface area contributed by atoms with Crippen molar-refractivity contribution >= 4 is 17.7 Å². The van der Waals surface area contributed by atoms with E-state index in [1.165, 1.54) is 6.07 Å².